The van der Waals surface area contributed by atoms with Crippen LogP contribution in [0, 0.1) is 29.6 Å². The molecule has 1 saturated heterocycles. The van der Waals surface area contributed by atoms with Gasteiger partial charge < -0.3 is 4.74 Å². The number of hydrogen-bond acceptors (Lipinski definition) is 4. The van der Waals surface area contributed by atoms with Gasteiger partial charge in [-0.15, -0.1) is 0 Å². The van der Waals surface area contributed by atoms with Crippen molar-refractivity contribution < 1.29 is 19.3 Å². The number of carbonyl (C=O) groups is 1. The predicted molar refractivity (Wildman–Crippen MR) is 87.9 cm³/mol. The maximum atomic E-state index is 11.7. The van der Waals surface area contributed by atoms with Crippen molar-refractivity contribution in [3.8, 4) is 0 Å². The van der Waals surface area contributed by atoms with E-state index < -0.39 is 0 Å². The highest BCUT2D eigenvalue weighted by molar-refractivity contribution is 5.69. The quantitative estimate of drug-likeness (QED) is 0.565. The second-order valence-electron chi connectivity index (χ2n) is 9.53. The monoisotopic (exact) mass is 334 g/mol. The van der Waals surface area contributed by atoms with Gasteiger partial charge in [-0.05, 0) is 81.0 Å². The fourth-order valence-corrected chi connectivity index (χ4v) is 7.31. The van der Waals surface area contributed by atoms with E-state index in [1.165, 1.54) is 39.2 Å². The first kappa shape index (κ1) is 15.6. The molecule has 4 heteroatoms. The summed E-state index contributed by atoms with van der Waals surface area (Å²) in [6.07, 6.45) is 12.8. The maximum absolute atomic E-state index is 11.7. The number of ether oxygens (including phenoxy) is 1. The Morgan fingerprint density at radius 3 is 2.46 bits per heavy atom. The first-order valence-electron chi connectivity index (χ1n) is 10.0. The van der Waals surface area contributed by atoms with E-state index in [4.69, 9.17) is 14.5 Å². The number of hydrogen-bond donors (Lipinski definition) is 0. The molecule has 2 atom stereocenters. The van der Waals surface area contributed by atoms with Crippen LogP contribution in [0.15, 0.2) is 0 Å². The fraction of sp³-hybridized carbons (Fsp3) is 0.950. The van der Waals surface area contributed by atoms with Crippen LogP contribution in [0.4, 0.5) is 0 Å². The molecular weight excluding hydrogens is 304 g/mol. The van der Waals surface area contributed by atoms with E-state index in [-0.39, 0.29) is 17.2 Å². The third-order valence-corrected chi connectivity index (χ3v) is 8.08. The maximum Gasteiger partial charge on any atom is 0.305 e. The van der Waals surface area contributed by atoms with Gasteiger partial charge in [-0.1, -0.05) is 6.42 Å². The smallest absolute Gasteiger partial charge is 0.305 e. The summed E-state index contributed by atoms with van der Waals surface area (Å²) in [5, 5.41) is 0. The molecule has 1 aliphatic heterocycles. The van der Waals surface area contributed by atoms with E-state index in [2.05, 4.69) is 0 Å². The molecular formula is C20H30O4. The van der Waals surface area contributed by atoms with Crippen LogP contribution in [0.3, 0.4) is 0 Å². The summed E-state index contributed by atoms with van der Waals surface area (Å²) < 4.78 is 4.88. The van der Waals surface area contributed by atoms with Crippen molar-refractivity contribution in [3.05, 3.63) is 0 Å². The Bertz CT molecular complexity index is 502. The Morgan fingerprint density at radius 2 is 1.79 bits per heavy atom. The second kappa shape index (κ2) is 5.44. The van der Waals surface area contributed by atoms with Crippen LogP contribution in [0.5, 0.6) is 0 Å². The van der Waals surface area contributed by atoms with Crippen LogP contribution >= 0.6 is 0 Å². The van der Waals surface area contributed by atoms with Crippen molar-refractivity contribution in [2.24, 2.45) is 29.6 Å². The van der Waals surface area contributed by atoms with Gasteiger partial charge >= 0.3 is 5.97 Å². The number of rotatable bonds is 2. The zero-order valence-electron chi connectivity index (χ0n) is 14.8. The Morgan fingerprint density at radius 1 is 1.08 bits per heavy atom. The largest absolute Gasteiger partial charge is 0.469 e. The minimum absolute atomic E-state index is 0.000571. The normalized spacial score (nSPS) is 52.3. The molecule has 6 aliphatic rings. The summed E-state index contributed by atoms with van der Waals surface area (Å²) in [4.78, 5) is 24.1. The van der Waals surface area contributed by atoms with Crippen LogP contribution in [-0.4, -0.2) is 24.3 Å². The third-order valence-electron chi connectivity index (χ3n) is 8.08. The summed E-state index contributed by atoms with van der Waals surface area (Å²) in [6.45, 7) is 0. The summed E-state index contributed by atoms with van der Waals surface area (Å²) >= 11 is 0. The molecule has 0 unspecified atom stereocenters. The zero-order valence-corrected chi connectivity index (χ0v) is 14.8. The van der Waals surface area contributed by atoms with Gasteiger partial charge in [-0.3, -0.25) is 4.79 Å². The van der Waals surface area contributed by atoms with Crippen molar-refractivity contribution in [2.75, 3.05) is 7.11 Å². The lowest BCUT2D eigenvalue weighted by Gasteiger charge is -2.58. The molecule has 0 aromatic heterocycles. The first-order chi connectivity index (χ1) is 11.6. The molecule has 0 amide bonds. The van der Waals surface area contributed by atoms with Crippen LogP contribution < -0.4 is 0 Å². The van der Waals surface area contributed by atoms with Gasteiger partial charge in [-0.2, -0.15) is 0 Å². The molecule has 6 fully saturated rings. The van der Waals surface area contributed by atoms with Crippen molar-refractivity contribution in [2.45, 2.75) is 81.8 Å². The van der Waals surface area contributed by atoms with Crippen LogP contribution in [0.2, 0.25) is 0 Å². The number of carbonyl (C=O) groups excluding carboxylic acids is 1. The Balaban J connectivity index is 1.34. The van der Waals surface area contributed by atoms with Gasteiger partial charge in [0.2, 0.25) is 0 Å². The van der Waals surface area contributed by atoms with Crippen LogP contribution in [0.25, 0.3) is 0 Å². The molecule has 24 heavy (non-hydrogen) atoms. The van der Waals surface area contributed by atoms with E-state index in [1.807, 2.05) is 0 Å². The highest BCUT2D eigenvalue weighted by Crippen LogP contribution is 2.65. The van der Waals surface area contributed by atoms with Gasteiger partial charge in [-0.25, -0.2) is 9.78 Å². The van der Waals surface area contributed by atoms with Crippen LogP contribution in [-0.2, 0) is 19.3 Å². The van der Waals surface area contributed by atoms with Crippen LogP contribution in [0.1, 0.15) is 70.6 Å². The van der Waals surface area contributed by atoms with E-state index in [1.54, 1.807) is 0 Å². The second-order valence-corrected chi connectivity index (χ2v) is 9.53. The number of methoxy groups -OCH3 is 1. The molecule has 5 saturated carbocycles. The summed E-state index contributed by atoms with van der Waals surface area (Å²) in [5.41, 5.74) is -0.132. The van der Waals surface area contributed by atoms with Crippen molar-refractivity contribution in [3.63, 3.8) is 0 Å². The van der Waals surface area contributed by atoms with Crippen molar-refractivity contribution in [1.29, 1.82) is 0 Å². The van der Waals surface area contributed by atoms with Crippen molar-refractivity contribution in [1.82, 2.24) is 0 Å². The lowest BCUT2D eigenvalue weighted by molar-refractivity contribution is -0.386. The first-order valence-corrected chi connectivity index (χ1v) is 10.0. The molecule has 0 aromatic carbocycles. The van der Waals surface area contributed by atoms with E-state index in [0.29, 0.717) is 24.2 Å². The van der Waals surface area contributed by atoms with Gasteiger partial charge in [0.25, 0.3) is 0 Å². The minimum Gasteiger partial charge on any atom is -0.469 e. The summed E-state index contributed by atoms with van der Waals surface area (Å²) in [6, 6.07) is 0. The predicted octanol–water partition coefficient (Wildman–Crippen LogP) is 4.03. The third kappa shape index (κ3) is 2.28. The molecule has 134 valence electrons. The molecule has 0 radical (unpaired) electrons. The van der Waals surface area contributed by atoms with Gasteiger partial charge in [0.1, 0.15) is 11.2 Å². The fourth-order valence-electron chi connectivity index (χ4n) is 7.31. The molecule has 4 bridgehead atoms. The highest BCUT2D eigenvalue weighted by Gasteiger charge is 2.65. The van der Waals surface area contributed by atoms with Gasteiger partial charge in [0, 0.05) is 12.8 Å². The molecule has 0 aromatic rings. The standard InChI is InChI=1S/C20H30O4/c1-22-18(21)10-13-3-2-4-19(11-13)12-20(24-23-19)16-6-14-5-15(8-16)9-17(20)7-14/h13-17H,2-12H2,1H3/t13-,14?,15?,16?,17?,19+,20?/m0/s1. The Labute approximate surface area is 144 Å². The summed E-state index contributed by atoms with van der Waals surface area (Å²) in [5.74, 6) is 3.65. The minimum atomic E-state index is -0.133. The Kier molecular flexibility index (Phi) is 3.54. The average molecular weight is 334 g/mol. The molecule has 1 heterocycles. The average Bonchev–Trinajstić information content (AvgIpc) is 2.92. The highest BCUT2D eigenvalue weighted by atomic mass is 17.2. The lowest BCUT2D eigenvalue weighted by Crippen LogP contribution is -2.58. The zero-order chi connectivity index (χ0) is 16.4. The molecule has 6 rings (SSSR count). The SMILES string of the molecule is COC(=O)C[C@@H]1CCC[C@@]2(C1)CC1(OO2)C2CC3CC(C2)CC1C3. The van der Waals surface area contributed by atoms with Gasteiger partial charge in [0.15, 0.2) is 0 Å². The lowest BCUT2D eigenvalue weighted by atomic mass is 9.48. The molecule has 4 nitrogen and oxygen atoms in total. The summed E-state index contributed by atoms with van der Waals surface area (Å²) in [7, 11) is 1.49. The molecule has 5 aliphatic carbocycles. The van der Waals surface area contributed by atoms with Crippen molar-refractivity contribution >= 4 is 5.97 Å². The van der Waals surface area contributed by atoms with E-state index in [0.717, 1.165) is 43.9 Å². The molecule has 0 N–H and O–H groups in total. The number of esters is 1. The topological polar surface area (TPSA) is 44.8 Å². The van der Waals surface area contributed by atoms with Gasteiger partial charge in [0.05, 0.1) is 7.11 Å². The van der Waals surface area contributed by atoms with E-state index >= 15 is 0 Å². The Hall–Kier alpha value is -0.610. The van der Waals surface area contributed by atoms with E-state index in [9.17, 15) is 4.79 Å². The molecule has 2 spiro atoms.